The Morgan fingerprint density at radius 1 is 0.333 bits per heavy atom. The molecule has 1 aromatic carbocycles. The highest BCUT2D eigenvalue weighted by atomic mass is 16.7. The molecule has 6 fully saturated rings. The summed E-state index contributed by atoms with van der Waals surface area (Å²) in [6.07, 6.45) is 5.07. The average molecular weight is 408 g/mol. The van der Waals surface area contributed by atoms with Crippen molar-refractivity contribution in [2.45, 2.75) is 91.4 Å². The van der Waals surface area contributed by atoms with Crippen molar-refractivity contribution in [1.82, 2.24) is 0 Å². The first-order valence-corrected chi connectivity index (χ1v) is 11.8. The lowest BCUT2D eigenvalue weighted by Crippen LogP contribution is -2.37. The zero-order valence-corrected chi connectivity index (χ0v) is 16.6. The lowest BCUT2D eigenvalue weighted by atomic mass is 9.69. The molecule has 0 radical (unpaired) electrons. The topological polar surface area (TPSA) is 55.4 Å². The van der Waals surface area contributed by atoms with Gasteiger partial charge in [-0.05, 0) is 52.6 Å². The van der Waals surface area contributed by atoms with Crippen molar-refractivity contribution in [3.8, 4) is 0 Å². The quantitative estimate of drug-likeness (QED) is 0.658. The van der Waals surface area contributed by atoms with Gasteiger partial charge < -0.3 is 28.4 Å². The van der Waals surface area contributed by atoms with Gasteiger partial charge in [0.25, 0.3) is 0 Å². The highest BCUT2D eigenvalue weighted by Gasteiger charge is 2.66. The Hall–Kier alpha value is -1.02. The van der Waals surface area contributed by atoms with E-state index in [-0.39, 0.29) is 36.6 Å². The Bertz CT molecular complexity index is 814. The van der Waals surface area contributed by atoms with Crippen LogP contribution in [0.4, 0.5) is 0 Å². The normalized spacial score (nSPS) is 56.4. The molecular weight excluding hydrogens is 384 g/mol. The Labute approximate surface area is 174 Å². The minimum absolute atomic E-state index is 0.248. The summed E-state index contributed by atoms with van der Waals surface area (Å²) in [4.78, 5) is 0. The zero-order valence-electron chi connectivity index (χ0n) is 16.6. The molecule has 0 spiro atoms. The first kappa shape index (κ1) is 15.7. The summed E-state index contributed by atoms with van der Waals surface area (Å²) in [7, 11) is 0. The Morgan fingerprint density at radius 2 is 0.533 bits per heavy atom. The highest BCUT2D eigenvalue weighted by molar-refractivity contribution is 5.69. The molecule has 6 bridgehead atoms. The fourth-order valence-corrected chi connectivity index (χ4v) is 9.81. The SMILES string of the molecule is C1O[C@@H]2[C@H](O1)[C@@H]1C[C@H]2c2c1c1c(c3c2[C@H]2C[C@@H]3[C@@H]3OCO[C@@H]32)[C@H]2C[C@@H]1[C@@H]1OCO[C@@H]12. The van der Waals surface area contributed by atoms with E-state index in [9.17, 15) is 0 Å². The van der Waals surface area contributed by atoms with Crippen LogP contribution < -0.4 is 0 Å². The monoisotopic (exact) mass is 408 g/mol. The molecule has 156 valence electrons. The maximum absolute atomic E-state index is 6.12. The van der Waals surface area contributed by atoms with Crippen molar-refractivity contribution in [3.05, 3.63) is 33.4 Å². The molecule has 6 heteroatoms. The number of hydrogen-bond donors (Lipinski definition) is 0. The maximum atomic E-state index is 6.12. The molecule has 0 aromatic heterocycles. The second-order valence-electron chi connectivity index (χ2n) is 11.0. The highest BCUT2D eigenvalue weighted by Crippen LogP contribution is 2.71. The summed E-state index contributed by atoms with van der Waals surface area (Å²) in [6, 6.07) is 0. The van der Waals surface area contributed by atoms with Crippen LogP contribution in [0.3, 0.4) is 0 Å². The summed E-state index contributed by atoms with van der Waals surface area (Å²) in [5, 5.41) is 0. The minimum Gasteiger partial charge on any atom is -0.349 e. The third kappa shape index (κ3) is 1.43. The van der Waals surface area contributed by atoms with Crippen LogP contribution in [-0.4, -0.2) is 57.0 Å². The van der Waals surface area contributed by atoms with Crippen LogP contribution >= 0.6 is 0 Å². The summed E-state index contributed by atoms with van der Waals surface area (Å²) >= 11 is 0. The van der Waals surface area contributed by atoms with Crippen molar-refractivity contribution in [2.75, 3.05) is 20.4 Å². The van der Waals surface area contributed by atoms with Crippen molar-refractivity contribution >= 4 is 0 Å². The molecule has 3 heterocycles. The van der Waals surface area contributed by atoms with Gasteiger partial charge in [0, 0.05) is 35.5 Å². The molecule has 30 heavy (non-hydrogen) atoms. The molecule has 6 aliphatic carbocycles. The third-order valence-electron chi connectivity index (χ3n) is 10.4. The molecule has 0 N–H and O–H groups in total. The van der Waals surface area contributed by atoms with Gasteiger partial charge in [-0.15, -0.1) is 0 Å². The standard InChI is InChI=1S/C24H24O6/c1-7-13-14(8(1)20-19(7)25-4-26-20)16-10-3-12(24-22(10)28-6-30-24)18(16)17-11-2-9(15(13)17)21-23(11)29-5-27-21/h7-12,19-24H,1-6H2/t7-,8+,9+,10-,11-,12+,19-,20+,21+,22-,23-,24+. The maximum Gasteiger partial charge on any atom is 0.147 e. The molecule has 6 nitrogen and oxygen atoms in total. The van der Waals surface area contributed by atoms with Crippen LogP contribution in [-0.2, 0) is 28.4 Å². The van der Waals surface area contributed by atoms with Crippen molar-refractivity contribution in [1.29, 1.82) is 0 Å². The Balaban J connectivity index is 1.29. The van der Waals surface area contributed by atoms with E-state index in [0.717, 1.165) is 0 Å². The van der Waals surface area contributed by atoms with E-state index in [1.807, 2.05) is 0 Å². The zero-order chi connectivity index (χ0) is 18.9. The predicted molar refractivity (Wildman–Crippen MR) is 101 cm³/mol. The van der Waals surface area contributed by atoms with Gasteiger partial charge in [0.15, 0.2) is 0 Å². The van der Waals surface area contributed by atoms with Crippen LogP contribution in [0.2, 0.25) is 0 Å². The number of benzene rings is 1. The van der Waals surface area contributed by atoms with Crippen LogP contribution in [0.1, 0.15) is 88.2 Å². The van der Waals surface area contributed by atoms with Crippen molar-refractivity contribution in [2.24, 2.45) is 0 Å². The Kier molecular flexibility index (Phi) is 2.53. The van der Waals surface area contributed by atoms with Gasteiger partial charge in [0.05, 0.1) is 36.6 Å². The van der Waals surface area contributed by atoms with Gasteiger partial charge >= 0.3 is 0 Å². The number of rotatable bonds is 0. The lowest BCUT2D eigenvalue weighted by Gasteiger charge is -2.39. The summed E-state index contributed by atoms with van der Waals surface area (Å²) in [5.74, 6) is 2.96. The van der Waals surface area contributed by atoms with Gasteiger partial charge in [-0.25, -0.2) is 0 Å². The van der Waals surface area contributed by atoms with E-state index in [4.69, 9.17) is 28.4 Å². The molecule has 3 saturated heterocycles. The van der Waals surface area contributed by atoms with E-state index >= 15 is 0 Å². The molecule has 3 aliphatic heterocycles. The van der Waals surface area contributed by atoms with Crippen molar-refractivity contribution < 1.29 is 28.4 Å². The van der Waals surface area contributed by atoms with Gasteiger partial charge in [-0.1, -0.05) is 0 Å². The van der Waals surface area contributed by atoms with E-state index in [1.54, 1.807) is 33.4 Å². The average Bonchev–Trinajstić information content (AvgIpc) is 3.58. The van der Waals surface area contributed by atoms with E-state index in [2.05, 4.69) is 0 Å². The van der Waals surface area contributed by atoms with E-state index in [1.165, 1.54) is 19.3 Å². The van der Waals surface area contributed by atoms with Gasteiger partial charge in [-0.3, -0.25) is 0 Å². The van der Waals surface area contributed by atoms with Crippen LogP contribution in [0, 0.1) is 0 Å². The second kappa shape index (κ2) is 4.82. The summed E-state index contributed by atoms with van der Waals surface area (Å²) in [6.45, 7) is 1.38. The van der Waals surface area contributed by atoms with E-state index < -0.39 is 0 Å². The van der Waals surface area contributed by atoms with Crippen LogP contribution in [0.15, 0.2) is 0 Å². The number of ether oxygens (including phenoxy) is 6. The molecule has 1 aromatic rings. The summed E-state index contributed by atoms with van der Waals surface area (Å²) < 4.78 is 36.7. The van der Waals surface area contributed by atoms with Crippen molar-refractivity contribution in [3.63, 3.8) is 0 Å². The largest absolute Gasteiger partial charge is 0.349 e. The van der Waals surface area contributed by atoms with E-state index in [0.29, 0.717) is 55.9 Å². The number of hydrogen-bond acceptors (Lipinski definition) is 6. The molecule has 0 unspecified atom stereocenters. The molecule has 12 atom stereocenters. The molecule has 10 rings (SSSR count). The van der Waals surface area contributed by atoms with Gasteiger partial charge in [-0.2, -0.15) is 0 Å². The molecule has 0 amide bonds. The van der Waals surface area contributed by atoms with Gasteiger partial charge in [0.2, 0.25) is 0 Å². The minimum atomic E-state index is 0.248. The smallest absolute Gasteiger partial charge is 0.147 e. The fraction of sp³-hybridized carbons (Fsp3) is 0.750. The third-order valence-corrected chi connectivity index (χ3v) is 10.4. The van der Waals surface area contributed by atoms with Gasteiger partial charge in [0.1, 0.15) is 20.4 Å². The molecular formula is C24H24O6. The lowest BCUT2D eigenvalue weighted by molar-refractivity contribution is 0.0233. The molecule has 3 saturated carbocycles. The summed E-state index contributed by atoms with van der Waals surface area (Å²) in [5.41, 5.74) is 9.86. The molecule has 9 aliphatic rings. The number of fused-ring (bicyclic) bond motifs is 27. The first-order valence-electron chi connectivity index (χ1n) is 11.8. The fourth-order valence-electron chi connectivity index (χ4n) is 9.81. The predicted octanol–water partition coefficient (Wildman–Crippen LogP) is 2.66. The Morgan fingerprint density at radius 3 is 0.733 bits per heavy atom. The van der Waals surface area contributed by atoms with Crippen LogP contribution in [0.5, 0.6) is 0 Å². The van der Waals surface area contributed by atoms with Crippen LogP contribution in [0.25, 0.3) is 0 Å². The first-order chi connectivity index (χ1) is 14.9. The second-order valence-corrected chi connectivity index (χ2v) is 11.0.